The van der Waals surface area contributed by atoms with Crippen LogP contribution in [0.1, 0.15) is 19.0 Å². The van der Waals surface area contributed by atoms with Gasteiger partial charge in [-0.15, -0.1) is 0 Å². The van der Waals surface area contributed by atoms with Crippen LogP contribution in [0.3, 0.4) is 0 Å². The maximum absolute atomic E-state index is 11.0. The molecule has 1 heterocycles. The second-order valence-corrected chi connectivity index (χ2v) is 3.00. The zero-order chi connectivity index (χ0) is 11.8. The molecular weight excluding hydrogens is 206 g/mol. The lowest BCUT2D eigenvalue weighted by molar-refractivity contribution is -0.142. The number of hydrogen-bond acceptors (Lipinski definition) is 5. The summed E-state index contributed by atoms with van der Waals surface area (Å²) in [5.41, 5.74) is 3.19. The van der Waals surface area contributed by atoms with E-state index >= 15 is 0 Å². The summed E-state index contributed by atoms with van der Waals surface area (Å²) in [6.07, 6.45) is 3.70. The lowest BCUT2D eigenvalue weighted by Crippen LogP contribution is -2.08. The highest BCUT2D eigenvalue weighted by atomic mass is 16.5. The zero-order valence-electron chi connectivity index (χ0n) is 9.14. The van der Waals surface area contributed by atoms with Gasteiger partial charge in [0, 0.05) is 0 Å². The van der Waals surface area contributed by atoms with Crippen LogP contribution in [-0.4, -0.2) is 17.6 Å². The molecular formula is C11H15N3O2. The molecule has 3 N–H and O–H groups in total. The molecule has 0 aliphatic rings. The first kappa shape index (κ1) is 12.2. The van der Waals surface area contributed by atoms with Crippen molar-refractivity contribution in [2.24, 2.45) is 5.84 Å². The molecule has 5 heteroatoms. The fraction of sp³-hybridized carbons (Fsp3) is 0.273. The van der Waals surface area contributed by atoms with Gasteiger partial charge < -0.3 is 10.2 Å². The zero-order valence-corrected chi connectivity index (χ0v) is 9.14. The van der Waals surface area contributed by atoms with Crippen molar-refractivity contribution in [3.63, 3.8) is 0 Å². The third-order valence-electron chi connectivity index (χ3n) is 1.80. The summed E-state index contributed by atoms with van der Waals surface area (Å²) in [6, 6.07) is 5.40. The quantitative estimate of drug-likeness (QED) is 0.445. The fourth-order valence-electron chi connectivity index (χ4n) is 1.12. The summed E-state index contributed by atoms with van der Waals surface area (Å²) < 4.78 is 4.78. The summed E-state index contributed by atoms with van der Waals surface area (Å²) in [7, 11) is 0. The first-order valence-corrected chi connectivity index (χ1v) is 5.02. The Morgan fingerprint density at radius 3 is 3.12 bits per heavy atom. The molecule has 1 aromatic heterocycles. The number of esters is 1. The highest BCUT2D eigenvalue weighted by molar-refractivity contribution is 5.72. The van der Waals surface area contributed by atoms with Crippen LogP contribution in [0.25, 0.3) is 6.08 Å². The lowest BCUT2D eigenvalue weighted by Gasteiger charge is -1.99. The number of hydrogen-bond donors (Lipinski definition) is 2. The van der Waals surface area contributed by atoms with Crippen molar-refractivity contribution in [1.82, 2.24) is 4.98 Å². The summed E-state index contributed by atoms with van der Waals surface area (Å²) >= 11 is 0. The van der Waals surface area contributed by atoms with Gasteiger partial charge in [-0.1, -0.05) is 12.1 Å². The topological polar surface area (TPSA) is 77.2 Å². The van der Waals surface area contributed by atoms with Crippen molar-refractivity contribution in [2.45, 2.75) is 13.3 Å². The Morgan fingerprint density at radius 1 is 1.62 bits per heavy atom. The predicted octanol–water partition coefficient (Wildman–Crippen LogP) is 1.33. The average molecular weight is 221 g/mol. The van der Waals surface area contributed by atoms with E-state index in [4.69, 9.17) is 10.6 Å². The molecule has 0 saturated carbocycles. The van der Waals surface area contributed by atoms with Crippen LogP contribution in [0.5, 0.6) is 0 Å². The van der Waals surface area contributed by atoms with E-state index in [2.05, 4.69) is 10.4 Å². The highest BCUT2D eigenvalue weighted by Gasteiger charge is 1.97. The van der Waals surface area contributed by atoms with Crippen LogP contribution in [0.2, 0.25) is 0 Å². The second kappa shape index (κ2) is 6.58. The normalized spacial score (nSPS) is 10.4. The number of nitrogens with two attached hydrogens (primary N) is 1. The molecule has 0 saturated heterocycles. The van der Waals surface area contributed by atoms with Crippen LogP contribution < -0.4 is 11.3 Å². The smallest absolute Gasteiger partial charge is 0.309 e. The van der Waals surface area contributed by atoms with Crippen LogP contribution >= 0.6 is 0 Å². The summed E-state index contributed by atoms with van der Waals surface area (Å²) in [4.78, 5) is 15.2. The maximum atomic E-state index is 11.0. The Hall–Kier alpha value is -1.88. The van der Waals surface area contributed by atoms with E-state index in [1.807, 2.05) is 12.1 Å². The molecule has 0 aromatic carbocycles. The Labute approximate surface area is 94.3 Å². The first-order chi connectivity index (χ1) is 7.76. The number of aromatic nitrogens is 1. The van der Waals surface area contributed by atoms with E-state index < -0.39 is 0 Å². The number of ether oxygens (including phenoxy) is 1. The molecule has 5 nitrogen and oxygen atoms in total. The molecule has 1 rings (SSSR count). The molecule has 0 radical (unpaired) electrons. The minimum absolute atomic E-state index is 0.244. The molecule has 0 amide bonds. The SMILES string of the molecule is CCOC(=O)CC=Cc1cccc(NN)n1. The molecule has 0 unspecified atom stereocenters. The van der Waals surface area contributed by atoms with Crippen LogP contribution in [0.15, 0.2) is 24.3 Å². The second-order valence-electron chi connectivity index (χ2n) is 3.00. The standard InChI is InChI=1S/C11H15N3O2/c1-2-16-11(15)8-4-6-9-5-3-7-10(13-9)14-12/h3-7H,2,8,12H2,1H3,(H,13,14). The number of nitrogens with one attached hydrogen (secondary N) is 1. The number of carbonyl (C=O) groups excluding carboxylic acids is 1. The van der Waals surface area contributed by atoms with Crippen molar-refractivity contribution < 1.29 is 9.53 Å². The van der Waals surface area contributed by atoms with Gasteiger partial charge in [0.05, 0.1) is 18.7 Å². The third-order valence-corrected chi connectivity index (χ3v) is 1.80. The lowest BCUT2D eigenvalue weighted by atomic mass is 10.3. The van der Waals surface area contributed by atoms with Crippen LogP contribution in [0, 0.1) is 0 Å². The van der Waals surface area contributed by atoms with Crippen molar-refractivity contribution in [3.8, 4) is 0 Å². The highest BCUT2D eigenvalue weighted by Crippen LogP contribution is 2.05. The van der Waals surface area contributed by atoms with Gasteiger partial charge in [0.25, 0.3) is 0 Å². The van der Waals surface area contributed by atoms with Gasteiger partial charge in [-0.25, -0.2) is 10.8 Å². The van der Waals surface area contributed by atoms with Gasteiger partial charge in [0.1, 0.15) is 5.82 Å². The fourth-order valence-corrected chi connectivity index (χ4v) is 1.12. The predicted molar refractivity (Wildman–Crippen MR) is 62.3 cm³/mol. The van der Waals surface area contributed by atoms with Crippen LogP contribution in [-0.2, 0) is 9.53 Å². The van der Waals surface area contributed by atoms with Crippen molar-refractivity contribution in [2.75, 3.05) is 12.0 Å². The average Bonchev–Trinajstić information content (AvgIpc) is 2.30. The van der Waals surface area contributed by atoms with Crippen molar-refractivity contribution in [1.29, 1.82) is 0 Å². The third kappa shape index (κ3) is 4.10. The largest absolute Gasteiger partial charge is 0.466 e. The molecule has 0 atom stereocenters. The molecule has 86 valence electrons. The van der Waals surface area contributed by atoms with Gasteiger partial charge in [-0.2, -0.15) is 0 Å². The van der Waals surface area contributed by atoms with Gasteiger partial charge in [-0.05, 0) is 25.1 Å². The van der Waals surface area contributed by atoms with E-state index in [-0.39, 0.29) is 12.4 Å². The monoisotopic (exact) mass is 221 g/mol. The minimum atomic E-state index is -0.244. The van der Waals surface area contributed by atoms with E-state index in [0.717, 1.165) is 5.69 Å². The first-order valence-electron chi connectivity index (χ1n) is 5.02. The molecule has 1 aromatic rings. The minimum Gasteiger partial charge on any atom is -0.466 e. The summed E-state index contributed by atoms with van der Waals surface area (Å²) in [5, 5.41) is 0. The van der Waals surface area contributed by atoms with Gasteiger partial charge in [-0.3, -0.25) is 4.79 Å². The molecule has 0 aliphatic heterocycles. The van der Waals surface area contributed by atoms with Crippen molar-refractivity contribution in [3.05, 3.63) is 30.0 Å². The number of nitrogens with zero attached hydrogens (tertiary/aromatic N) is 1. The molecule has 0 fully saturated rings. The van der Waals surface area contributed by atoms with Crippen molar-refractivity contribution >= 4 is 17.9 Å². The molecule has 0 aliphatic carbocycles. The Morgan fingerprint density at radius 2 is 2.44 bits per heavy atom. The van der Waals surface area contributed by atoms with E-state index in [9.17, 15) is 4.79 Å². The molecule has 0 bridgehead atoms. The Bertz CT molecular complexity index is 377. The Balaban J connectivity index is 2.52. The van der Waals surface area contributed by atoms with Crippen LogP contribution in [0.4, 0.5) is 5.82 Å². The van der Waals surface area contributed by atoms with Gasteiger partial charge in [0.2, 0.25) is 0 Å². The van der Waals surface area contributed by atoms with E-state index in [0.29, 0.717) is 12.4 Å². The number of nitrogen functional groups attached to an aromatic ring is 1. The molecule has 16 heavy (non-hydrogen) atoms. The number of hydrazine groups is 1. The van der Waals surface area contributed by atoms with E-state index in [1.54, 1.807) is 25.1 Å². The number of pyridine rings is 1. The summed E-state index contributed by atoms with van der Waals surface area (Å²) in [5.74, 6) is 5.56. The van der Waals surface area contributed by atoms with E-state index in [1.165, 1.54) is 0 Å². The Kier molecular flexibility index (Phi) is 5.01. The number of rotatable bonds is 5. The summed E-state index contributed by atoms with van der Waals surface area (Å²) in [6.45, 7) is 2.18. The van der Waals surface area contributed by atoms with Gasteiger partial charge in [0.15, 0.2) is 0 Å². The number of anilines is 1. The maximum Gasteiger partial charge on any atom is 0.309 e. The number of carbonyl (C=O) groups is 1. The molecule has 0 spiro atoms. The van der Waals surface area contributed by atoms with Gasteiger partial charge >= 0.3 is 5.97 Å².